The summed E-state index contributed by atoms with van der Waals surface area (Å²) in [5, 5.41) is 3.81. The van der Waals surface area contributed by atoms with Crippen molar-refractivity contribution in [1.29, 1.82) is 0 Å². The molecule has 0 aliphatic carbocycles. The predicted molar refractivity (Wildman–Crippen MR) is 87.8 cm³/mol. The highest BCUT2D eigenvalue weighted by Crippen LogP contribution is 2.28. The lowest BCUT2D eigenvalue weighted by Crippen LogP contribution is -2.25. The lowest BCUT2D eigenvalue weighted by molar-refractivity contribution is 0.0927. The summed E-state index contributed by atoms with van der Waals surface area (Å²) in [4.78, 5) is 16.3. The predicted octanol–water partition coefficient (Wildman–Crippen LogP) is 3.12. The van der Waals surface area contributed by atoms with Crippen molar-refractivity contribution in [1.82, 2.24) is 10.3 Å². The smallest absolute Gasteiger partial charge is 0.287 e. The first-order chi connectivity index (χ1) is 11.2. The van der Waals surface area contributed by atoms with Gasteiger partial charge in [0.1, 0.15) is 11.3 Å². The van der Waals surface area contributed by atoms with Crippen molar-refractivity contribution in [2.45, 2.75) is 13.3 Å². The molecular weight excluding hydrogens is 292 g/mol. The van der Waals surface area contributed by atoms with Crippen molar-refractivity contribution >= 4 is 16.9 Å². The van der Waals surface area contributed by atoms with E-state index < -0.39 is 0 Å². The minimum atomic E-state index is -0.202. The van der Waals surface area contributed by atoms with Crippen LogP contribution in [0.2, 0.25) is 0 Å². The molecule has 5 heteroatoms. The zero-order valence-corrected chi connectivity index (χ0v) is 13.1. The van der Waals surface area contributed by atoms with Crippen molar-refractivity contribution < 1.29 is 13.9 Å². The Hall–Kier alpha value is -2.82. The van der Waals surface area contributed by atoms with E-state index in [4.69, 9.17) is 9.15 Å². The summed E-state index contributed by atoms with van der Waals surface area (Å²) in [5.74, 6) is 0.852. The van der Waals surface area contributed by atoms with E-state index in [1.165, 1.54) is 0 Å². The molecule has 0 aliphatic heterocycles. The van der Waals surface area contributed by atoms with E-state index in [1.54, 1.807) is 25.6 Å². The van der Waals surface area contributed by atoms with E-state index in [1.807, 2.05) is 31.2 Å². The summed E-state index contributed by atoms with van der Waals surface area (Å²) >= 11 is 0. The van der Waals surface area contributed by atoms with E-state index in [0.29, 0.717) is 23.6 Å². The molecule has 23 heavy (non-hydrogen) atoms. The first kappa shape index (κ1) is 15.1. The van der Waals surface area contributed by atoms with Gasteiger partial charge < -0.3 is 14.5 Å². The van der Waals surface area contributed by atoms with Crippen LogP contribution < -0.4 is 10.1 Å². The van der Waals surface area contributed by atoms with Gasteiger partial charge in [-0.2, -0.15) is 0 Å². The molecule has 0 aliphatic rings. The van der Waals surface area contributed by atoms with Gasteiger partial charge in [0.15, 0.2) is 5.76 Å². The zero-order valence-electron chi connectivity index (χ0n) is 13.1. The fraction of sp³-hybridized carbons (Fsp3) is 0.222. The number of carbonyl (C=O) groups excluding carboxylic acids is 1. The molecule has 0 spiro atoms. The van der Waals surface area contributed by atoms with Crippen LogP contribution in [0.5, 0.6) is 5.75 Å². The third-order valence-electron chi connectivity index (χ3n) is 3.80. The summed E-state index contributed by atoms with van der Waals surface area (Å²) < 4.78 is 10.9. The number of pyridine rings is 1. The van der Waals surface area contributed by atoms with Crippen molar-refractivity contribution in [2.75, 3.05) is 13.7 Å². The quantitative estimate of drug-likeness (QED) is 0.786. The number of hydrogen-bond donors (Lipinski definition) is 1. The van der Waals surface area contributed by atoms with E-state index in [9.17, 15) is 4.79 Å². The first-order valence-corrected chi connectivity index (χ1v) is 7.43. The second kappa shape index (κ2) is 6.52. The van der Waals surface area contributed by atoms with Gasteiger partial charge >= 0.3 is 0 Å². The number of benzene rings is 1. The molecule has 0 saturated carbocycles. The number of aryl methyl sites for hydroxylation is 1. The molecule has 0 saturated heterocycles. The number of amides is 1. The highest BCUT2D eigenvalue weighted by atomic mass is 16.5. The zero-order chi connectivity index (χ0) is 16.2. The largest absolute Gasteiger partial charge is 0.497 e. The minimum absolute atomic E-state index is 0.202. The van der Waals surface area contributed by atoms with Crippen LogP contribution in [0, 0.1) is 6.92 Å². The fourth-order valence-corrected chi connectivity index (χ4v) is 2.50. The van der Waals surface area contributed by atoms with Crippen molar-refractivity contribution in [3.63, 3.8) is 0 Å². The summed E-state index contributed by atoms with van der Waals surface area (Å²) in [5.41, 5.74) is 2.62. The molecule has 1 N–H and O–H groups in total. The Labute approximate surface area is 134 Å². The molecule has 1 aromatic carbocycles. The Morgan fingerprint density at radius 2 is 2.04 bits per heavy atom. The van der Waals surface area contributed by atoms with Gasteiger partial charge in [-0.15, -0.1) is 0 Å². The fourth-order valence-electron chi connectivity index (χ4n) is 2.50. The van der Waals surface area contributed by atoms with Crippen molar-refractivity contribution in [2.24, 2.45) is 0 Å². The average Bonchev–Trinajstić information content (AvgIpc) is 2.92. The lowest BCUT2D eigenvalue weighted by atomic mass is 10.1. The number of carbonyl (C=O) groups is 1. The third kappa shape index (κ3) is 3.18. The molecule has 0 fully saturated rings. The number of fused-ring (bicyclic) bond motifs is 1. The molecule has 3 rings (SSSR count). The van der Waals surface area contributed by atoms with Crippen molar-refractivity contribution in [3.05, 3.63) is 59.6 Å². The maximum atomic E-state index is 12.3. The van der Waals surface area contributed by atoms with Gasteiger partial charge in [-0.05, 0) is 43.2 Å². The van der Waals surface area contributed by atoms with E-state index in [2.05, 4.69) is 10.3 Å². The topological polar surface area (TPSA) is 64.4 Å². The molecule has 0 bridgehead atoms. The van der Waals surface area contributed by atoms with Crippen LogP contribution in [0.15, 0.2) is 47.1 Å². The molecule has 1 amide bonds. The van der Waals surface area contributed by atoms with Gasteiger partial charge in [-0.25, -0.2) is 0 Å². The second-order valence-corrected chi connectivity index (χ2v) is 5.28. The molecule has 3 aromatic rings. The summed E-state index contributed by atoms with van der Waals surface area (Å²) in [6, 6.07) is 9.42. The molecule has 118 valence electrons. The Balaban J connectivity index is 1.72. The normalized spacial score (nSPS) is 10.7. The van der Waals surface area contributed by atoms with Gasteiger partial charge in [-0.3, -0.25) is 9.78 Å². The van der Waals surface area contributed by atoms with Crippen LogP contribution in [0.25, 0.3) is 11.0 Å². The highest BCUT2D eigenvalue weighted by Gasteiger charge is 2.17. The Morgan fingerprint density at radius 3 is 2.78 bits per heavy atom. The number of furan rings is 1. The van der Waals surface area contributed by atoms with Crippen molar-refractivity contribution in [3.8, 4) is 5.75 Å². The van der Waals surface area contributed by atoms with Gasteiger partial charge in [0.25, 0.3) is 5.91 Å². The molecule has 0 radical (unpaired) electrons. The van der Waals surface area contributed by atoms with E-state index in [-0.39, 0.29) is 5.91 Å². The molecule has 0 unspecified atom stereocenters. The third-order valence-corrected chi connectivity index (χ3v) is 3.80. The summed E-state index contributed by atoms with van der Waals surface area (Å²) in [6.45, 7) is 2.43. The molecule has 2 aromatic heterocycles. The number of methoxy groups -OCH3 is 1. The van der Waals surface area contributed by atoms with Crippen LogP contribution in [0.3, 0.4) is 0 Å². The molecular formula is C18H18N2O3. The minimum Gasteiger partial charge on any atom is -0.497 e. The number of ether oxygens (including phenoxy) is 1. The average molecular weight is 310 g/mol. The van der Waals surface area contributed by atoms with E-state index in [0.717, 1.165) is 22.9 Å². The number of nitrogens with one attached hydrogen (secondary N) is 1. The number of nitrogens with zero attached hydrogens (tertiary/aromatic N) is 1. The highest BCUT2D eigenvalue weighted by molar-refractivity contribution is 5.99. The Bertz CT molecular complexity index is 825. The number of rotatable bonds is 5. The Morgan fingerprint density at radius 1 is 1.26 bits per heavy atom. The van der Waals surface area contributed by atoms with Crippen LogP contribution in [0.1, 0.15) is 21.7 Å². The van der Waals surface area contributed by atoms with Gasteiger partial charge in [0.2, 0.25) is 0 Å². The molecule has 0 atom stereocenters. The maximum Gasteiger partial charge on any atom is 0.287 e. The number of hydrogen-bond acceptors (Lipinski definition) is 4. The summed E-state index contributed by atoms with van der Waals surface area (Å²) in [6.07, 6.45) is 4.24. The number of aromatic nitrogens is 1. The van der Waals surface area contributed by atoms with E-state index >= 15 is 0 Å². The summed E-state index contributed by atoms with van der Waals surface area (Å²) in [7, 11) is 1.60. The van der Waals surface area contributed by atoms with Crippen LogP contribution in [0.4, 0.5) is 0 Å². The molecule has 2 heterocycles. The van der Waals surface area contributed by atoms with Crippen LogP contribution in [-0.2, 0) is 6.42 Å². The monoisotopic (exact) mass is 310 g/mol. The van der Waals surface area contributed by atoms with Gasteiger partial charge in [0, 0.05) is 36.0 Å². The first-order valence-electron chi connectivity index (χ1n) is 7.43. The van der Waals surface area contributed by atoms with Crippen LogP contribution in [-0.4, -0.2) is 24.5 Å². The standard InChI is InChI=1S/C18H18N2O3/c1-12-15-4-3-14(22-2)11-16(15)23-17(12)18(21)20-10-7-13-5-8-19-9-6-13/h3-6,8-9,11H,7,10H2,1-2H3,(H,20,21). The second-order valence-electron chi connectivity index (χ2n) is 5.28. The SMILES string of the molecule is COc1ccc2c(C)c(C(=O)NCCc3ccncc3)oc2c1. The van der Waals surface area contributed by atoms with Gasteiger partial charge in [-0.1, -0.05) is 0 Å². The van der Waals surface area contributed by atoms with Gasteiger partial charge in [0.05, 0.1) is 7.11 Å². The maximum absolute atomic E-state index is 12.3. The lowest BCUT2D eigenvalue weighted by Gasteiger charge is -2.03. The van der Waals surface area contributed by atoms with Crippen LogP contribution >= 0.6 is 0 Å². The molecule has 5 nitrogen and oxygen atoms in total. The Kier molecular flexibility index (Phi) is 4.28.